The number of nitrogens with zero attached hydrogens (tertiary/aromatic N) is 1. The second-order valence-electron chi connectivity index (χ2n) is 6.91. The predicted molar refractivity (Wildman–Crippen MR) is 114 cm³/mol. The molecule has 2 aliphatic heterocycles. The number of hydrogen-bond donors (Lipinski definition) is 1. The summed E-state index contributed by atoms with van der Waals surface area (Å²) in [6.07, 6.45) is 1.79. The maximum absolute atomic E-state index is 13.0. The average Bonchev–Trinajstić information content (AvgIpc) is 3.01. The van der Waals surface area contributed by atoms with Crippen LogP contribution in [-0.4, -0.2) is 37.5 Å². The molecule has 2 aromatic carbocycles. The molecule has 0 radical (unpaired) electrons. The van der Waals surface area contributed by atoms with E-state index >= 15 is 0 Å². The molecule has 2 aromatic rings. The molecule has 148 valence electrons. The lowest BCUT2D eigenvalue weighted by atomic mass is 10.2. The van der Waals surface area contributed by atoms with Gasteiger partial charge >= 0.3 is 0 Å². The van der Waals surface area contributed by atoms with Crippen molar-refractivity contribution in [2.24, 2.45) is 0 Å². The molecule has 0 unspecified atom stereocenters. The van der Waals surface area contributed by atoms with Crippen LogP contribution < -0.4 is 19.7 Å². The van der Waals surface area contributed by atoms with Crippen LogP contribution in [0.1, 0.15) is 19.8 Å². The summed E-state index contributed by atoms with van der Waals surface area (Å²) in [6, 6.07) is 11.6. The molecule has 0 bridgehead atoms. The van der Waals surface area contributed by atoms with Gasteiger partial charge in [0.1, 0.15) is 0 Å². The highest BCUT2D eigenvalue weighted by molar-refractivity contribution is 8.00. The zero-order chi connectivity index (χ0) is 19.5. The van der Waals surface area contributed by atoms with Crippen molar-refractivity contribution in [3.63, 3.8) is 0 Å². The number of rotatable bonds is 3. The fourth-order valence-electron chi connectivity index (χ4n) is 3.33. The van der Waals surface area contributed by atoms with Crippen LogP contribution in [0, 0.1) is 0 Å². The van der Waals surface area contributed by atoms with Crippen molar-refractivity contribution >= 4 is 40.6 Å². The summed E-state index contributed by atoms with van der Waals surface area (Å²) in [4.78, 5) is 16.0. The summed E-state index contributed by atoms with van der Waals surface area (Å²) in [6.45, 7) is 4.28. The number of thioether (sulfide) groups is 1. The Morgan fingerprint density at radius 2 is 2.00 bits per heavy atom. The molecule has 0 saturated carbocycles. The minimum atomic E-state index is 0.0188. The summed E-state index contributed by atoms with van der Waals surface area (Å²) in [7, 11) is 0. The molecule has 0 spiro atoms. The number of carbonyl (C=O) groups excluding carboxylic acids is 1. The van der Waals surface area contributed by atoms with Gasteiger partial charge < -0.3 is 19.7 Å². The van der Waals surface area contributed by atoms with Crippen molar-refractivity contribution in [1.82, 2.24) is 0 Å². The second-order valence-corrected chi connectivity index (χ2v) is 8.80. The van der Waals surface area contributed by atoms with Gasteiger partial charge in [0.05, 0.1) is 36.2 Å². The topological polar surface area (TPSA) is 50.8 Å². The Morgan fingerprint density at radius 3 is 2.82 bits per heavy atom. The molecule has 2 heterocycles. The number of benzene rings is 2. The van der Waals surface area contributed by atoms with Crippen LogP contribution in [0.25, 0.3) is 0 Å². The Morgan fingerprint density at radius 1 is 1.25 bits per heavy atom. The smallest absolute Gasteiger partial charge is 0.246 e. The Balaban J connectivity index is 1.50. The number of ether oxygens (including phenoxy) is 2. The fraction of sp³-hybridized carbons (Fsp3) is 0.381. The first-order valence-electron chi connectivity index (χ1n) is 9.51. The SMILES string of the molecule is C[C@@H]1CCN(C(=O)CNc2cc3c(cc2Cl)OCCCO3)c2ccccc2S1. The Labute approximate surface area is 174 Å². The van der Waals surface area contributed by atoms with Crippen LogP contribution in [0.4, 0.5) is 11.4 Å². The average molecular weight is 419 g/mol. The first kappa shape index (κ1) is 19.3. The van der Waals surface area contributed by atoms with Crippen molar-refractivity contribution in [3.8, 4) is 11.5 Å². The molecule has 7 heteroatoms. The number of amides is 1. The molecule has 4 rings (SSSR count). The van der Waals surface area contributed by atoms with E-state index in [2.05, 4.69) is 18.3 Å². The molecule has 0 fully saturated rings. The first-order chi connectivity index (χ1) is 13.6. The lowest BCUT2D eigenvalue weighted by Crippen LogP contribution is -2.36. The molecular weight excluding hydrogens is 396 g/mol. The highest BCUT2D eigenvalue weighted by Crippen LogP contribution is 2.39. The van der Waals surface area contributed by atoms with Gasteiger partial charge in [0.2, 0.25) is 5.91 Å². The van der Waals surface area contributed by atoms with Crippen LogP contribution >= 0.6 is 23.4 Å². The molecule has 1 amide bonds. The normalized spacial score (nSPS) is 18.6. The van der Waals surface area contributed by atoms with Crippen LogP contribution in [-0.2, 0) is 4.79 Å². The molecular formula is C21H23ClN2O3S. The Hall–Kier alpha value is -2.05. The van der Waals surface area contributed by atoms with E-state index in [1.165, 1.54) is 0 Å². The van der Waals surface area contributed by atoms with Gasteiger partial charge in [-0.15, -0.1) is 11.8 Å². The van der Waals surface area contributed by atoms with Crippen molar-refractivity contribution in [2.75, 3.05) is 36.5 Å². The van der Waals surface area contributed by atoms with Gasteiger partial charge in [0.15, 0.2) is 11.5 Å². The fourth-order valence-corrected chi connectivity index (χ4v) is 4.66. The van der Waals surface area contributed by atoms with Gasteiger partial charge in [-0.3, -0.25) is 4.79 Å². The van der Waals surface area contributed by atoms with E-state index in [1.807, 2.05) is 40.9 Å². The molecule has 0 saturated heterocycles. The lowest BCUT2D eigenvalue weighted by Gasteiger charge is -2.23. The van der Waals surface area contributed by atoms with Crippen LogP contribution in [0.3, 0.4) is 0 Å². The van der Waals surface area contributed by atoms with Gasteiger partial charge in [-0.1, -0.05) is 30.7 Å². The van der Waals surface area contributed by atoms with Crippen molar-refractivity contribution < 1.29 is 14.3 Å². The number of nitrogens with one attached hydrogen (secondary N) is 1. The van der Waals surface area contributed by atoms with Crippen LogP contribution in [0.5, 0.6) is 11.5 Å². The second kappa shape index (κ2) is 8.53. The number of fused-ring (bicyclic) bond motifs is 2. The van der Waals surface area contributed by atoms with E-state index in [1.54, 1.807) is 6.07 Å². The third kappa shape index (κ3) is 4.18. The molecule has 2 aliphatic rings. The molecule has 1 atom stereocenters. The monoisotopic (exact) mass is 418 g/mol. The summed E-state index contributed by atoms with van der Waals surface area (Å²) in [5, 5.41) is 4.16. The quantitative estimate of drug-likeness (QED) is 0.773. The zero-order valence-electron chi connectivity index (χ0n) is 15.7. The van der Waals surface area contributed by atoms with Crippen LogP contribution in [0.15, 0.2) is 41.3 Å². The summed E-state index contributed by atoms with van der Waals surface area (Å²) in [5.74, 6) is 1.32. The van der Waals surface area contributed by atoms with Crippen molar-refractivity contribution in [3.05, 3.63) is 41.4 Å². The van der Waals surface area contributed by atoms with E-state index in [0.717, 1.165) is 23.4 Å². The van der Waals surface area contributed by atoms with E-state index < -0.39 is 0 Å². The first-order valence-corrected chi connectivity index (χ1v) is 10.8. The summed E-state index contributed by atoms with van der Waals surface area (Å²) in [5.41, 5.74) is 1.65. The Bertz CT molecular complexity index is 877. The van der Waals surface area contributed by atoms with Gasteiger partial charge in [-0.2, -0.15) is 0 Å². The third-order valence-electron chi connectivity index (χ3n) is 4.81. The zero-order valence-corrected chi connectivity index (χ0v) is 17.3. The maximum atomic E-state index is 13.0. The number of halogens is 1. The number of para-hydroxylation sites is 1. The largest absolute Gasteiger partial charge is 0.490 e. The van der Waals surface area contributed by atoms with E-state index in [4.69, 9.17) is 21.1 Å². The third-order valence-corrected chi connectivity index (χ3v) is 6.36. The molecule has 28 heavy (non-hydrogen) atoms. The number of hydrogen-bond acceptors (Lipinski definition) is 5. The van der Waals surface area contributed by atoms with Crippen molar-refractivity contribution in [1.29, 1.82) is 0 Å². The van der Waals surface area contributed by atoms with Gasteiger partial charge in [-0.05, 0) is 18.6 Å². The van der Waals surface area contributed by atoms with E-state index in [9.17, 15) is 4.79 Å². The highest BCUT2D eigenvalue weighted by atomic mass is 35.5. The summed E-state index contributed by atoms with van der Waals surface area (Å²) >= 11 is 8.21. The van der Waals surface area contributed by atoms with Gasteiger partial charge in [0, 0.05) is 35.2 Å². The Kier molecular flexibility index (Phi) is 5.87. The molecule has 0 aliphatic carbocycles. The van der Waals surface area contributed by atoms with Gasteiger partial charge in [-0.25, -0.2) is 0 Å². The highest BCUT2D eigenvalue weighted by Gasteiger charge is 2.24. The van der Waals surface area contributed by atoms with E-state index in [0.29, 0.717) is 47.2 Å². The standard InChI is InChI=1S/C21H23ClN2O3S/c1-14-7-8-24(17-5-2-3-6-20(17)28-14)21(25)13-23-16-12-19-18(11-15(16)22)26-9-4-10-27-19/h2-3,5-6,11-12,14,23H,4,7-10,13H2,1H3/t14-/m1/s1. The number of carbonyl (C=O) groups is 1. The van der Waals surface area contributed by atoms with Gasteiger partial charge in [0.25, 0.3) is 0 Å². The minimum absolute atomic E-state index is 0.0188. The molecule has 1 N–H and O–H groups in total. The van der Waals surface area contributed by atoms with E-state index in [-0.39, 0.29) is 12.5 Å². The predicted octanol–water partition coefficient (Wildman–Crippen LogP) is 4.83. The number of anilines is 2. The lowest BCUT2D eigenvalue weighted by molar-refractivity contribution is -0.117. The summed E-state index contributed by atoms with van der Waals surface area (Å²) < 4.78 is 11.4. The minimum Gasteiger partial charge on any atom is -0.490 e. The van der Waals surface area contributed by atoms with Crippen molar-refractivity contribution in [2.45, 2.75) is 29.9 Å². The van der Waals surface area contributed by atoms with Crippen LogP contribution in [0.2, 0.25) is 5.02 Å². The maximum Gasteiger partial charge on any atom is 0.246 e. The molecule has 0 aromatic heterocycles. The molecule has 5 nitrogen and oxygen atoms in total.